The van der Waals surface area contributed by atoms with Crippen molar-refractivity contribution in [2.75, 3.05) is 10.7 Å². The van der Waals surface area contributed by atoms with Gasteiger partial charge in [-0.1, -0.05) is 30.1 Å². The fraction of sp³-hybridized carbons (Fsp3) is 0.190. The highest BCUT2D eigenvalue weighted by Gasteiger charge is 2.21. The molecule has 1 heterocycles. The largest absolute Gasteiger partial charge is 0.345 e. The van der Waals surface area contributed by atoms with Crippen molar-refractivity contribution in [3.63, 3.8) is 0 Å². The van der Waals surface area contributed by atoms with Gasteiger partial charge in [0, 0.05) is 27.2 Å². The summed E-state index contributed by atoms with van der Waals surface area (Å²) in [5.74, 6) is -2.15. The number of carbonyl (C=O) groups excluding carboxylic acids is 3. The Morgan fingerprint density at radius 3 is 2.30 bits per heavy atom. The molecule has 1 aromatic heterocycles. The number of hydrogen-bond acceptors (Lipinski definition) is 3. The fourth-order valence-corrected chi connectivity index (χ4v) is 3.05. The highest BCUT2D eigenvalue weighted by Crippen LogP contribution is 2.24. The van der Waals surface area contributed by atoms with Gasteiger partial charge in [-0.3, -0.25) is 19.8 Å². The van der Waals surface area contributed by atoms with E-state index in [1.165, 1.54) is 4.68 Å². The minimum atomic E-state index is -0.886. The van der Waals surface area contributed by atoms with E-state index in [9.17, 15) is 14.4 Å². The smallest absolute Gasteiger partial charge is 0.328 e. The van der Waals surface area contributed by atoms with Gasteiger partial charge in [0.25, 0.3) is 5.91 Å². The molecule has 156 valence electrons. The van der Waals surface area contributed by atoms with Crippen molar-refractivity contribution in [1.29, 1.82) is 0 Å². The first kappa shape index (κ1) is 21.7. The highest BCUT2D eigenvalue weighted by molar-refractivity contribution is 6.38. The number of benzene rings is 2. The molecule has 0 saturated carbocycles. The van der Waals surface area contributed by atoms with Gasteiger partial charge in [-0.05, 0) is 61.9 Å². The molecule has 0 spiro atoms. The van der Waals surface area contributed by atoms with Crippen molar-refractivity contribution in [2.24, 2.45) is 0 Å². The fourth-order valence-electron chi connectivity index (χ4n) is 2.75. The Morgan fingerprint density at radius 1 is 0.967 bits per heavy atom. The van der Waals surface area contributed by atoms with E-state index in [0.29, 0.717) is 33.1 Å². The number of aromatic nitrogens is 1. The van der Waals surface area contributed by atoms with Crippen LogP contribution in [0.2, 0.25) is 10.0 Å². The van der Waals surface area contributed by atoms with Crippen LogP contribution in [0.25, 0.3) is 10.9 Å². The summed E-state index contributed by atoms with van der Waals surface area (Å²) >= 11 is 11.9. The minimum Gasteiger partial charge on any atom is -0.345 e. The van der Waals surface area contributed by atoms with E-state index < -0.39 is 17.7 Å². The Bertz CT molecular complexity index is 1110. The van der Waals surface area contributed by atoms with E-state index in [2.05, 4.69) is 16.1 Å². The Labute approximate surface area is 183 Å². The van der Waals surface area contributed by atoms with Crippen LogP contribution < -0.4 is 16.1 Å². The van der Waals surface area contributed by atoms with Crippen LogP contribution >= 0.6 is 23.2 Å². The number of nitrogens with one attached hydrogen (secondary N) is 3. The predicted octanol–water partition coefficient (Wildman–Crippen LogP) is 4.19. The topological polar surface area (TPSA) is 92.2 Å². The lowest BCUT2D eigenvalue weighted by molar-refractivity contribution is -0.137. The molecule has 9 heteroatoms. The normalized spacial score (nSPS) is 11.7. The number of anilines is 1. The zero-order chi connectivity index (χ0) is 21.8. The zero-order valence-corrected chi connectivity index (χ0v) is 17.8. The lowest BCUT2D eigenvalue weighted by atomic mass is 10.2. The predicted molar refractivity (Wildman–Crippen MR) is 119 cm³/mol. The first-order valence-corrected chi connectivity index (χ1v) is 10.0. The summed E-state index contributed by atoms with van der Waals surface area (Å²) < 4.78 is 1.27. The molecule has 7 nitrogen and oxygen atoms in total. The van der Waals surface area contributed by atoms with Gasteiger partial charge in [-0.2, -0.15) is 0 Å². The summed E-state index contributed by atoms with van der Waals surface area (Å²) in [6.07, 6.45) is 0.679. The van der Waals surface area contributed by atoms with Crippen LogP contribution in [0.4, 0.5) is 5.69 Å². The maximum atomic E-state index is 12.9. The molecule has 30 heavy (non-hydrogen) atoms. The molecule has 3 rings (SSSR count). The SMILES string of the molecule is CC[C@H](C)NC(=O)C(=O)Nn1c(C(=O)Nc2ccc(Cl)cc2)cc2cc(Cl)ccc21. The molecule has 1 atom stereocenters. The summed E-state index contributed by atoms with van der Waals surface area (Å²) in [4.78, 5) is 37.5. The standard InChI is InChI=1S/C21H20Cl2N4O3/c1-3-12(2)24-20(29)21(30)26-27-17-9-6-15(23)10-13(17)11-18(27)19(28)25-16-7-4-14(22)5-8-16/h4-12H,3H2,1-2H3,(H,24,29)(H,25,28)(H,26,30)/t12-/m0/s1. The number of nitrogens with zero attached hydrogens (tertiary/aromatic N) is 1. The van der Waals surface area contributed by atoms with Crippen LogP contribution in [0, 0.1) is 0 Å². The Balaban J connectivity index is 1.93. The number of amides is 3. The molecule has 0 aliphatic heterocycles. The van der Waals surface area contributed by atoms with Crippen molar-refractivity contribution in [2.45, 2.75) is 26.3 Å². The molecular weight excluding hydrogens is 427 g/mol. The zero-order valence-electron chi connectivity index (χ0n) is 16.3. The molecule has 0 unspecified atom stereocenters. The van der Waals surface area contributed by atoms with Crippen LogP contribution in [0.3, 0.4) is 0 Å². The third-order valence-electron chi connectivity index (χ3n) is 4.51. The molecule has 2 aromatic carbocycles. The monoisotopic (exact) mass is 446 g/mol. The maximum absolute atomic E-state index is 12.9. The number of rotatable bonds is 5. The van der Waals surface area contributed by atoms with Crippen LogP contribution in [0.5, 0.6) is 0 Å². The summed E-state index contributed by atoms with van der Waals surface area (Å²) in [5.41, 5.74) is 3.68. The number of hydrogen-bond donors (Lipinski definition) is 3. The van der Waals surface area contributed by atoms with Gasteiger partial charge in [0.05, 0.1) is 5.52 Å². The van der Waals surface area contributed by atoms with Gasteiger partial charge in [-0.15, -0.1) is 0 Å². The quantitative estimate of drug-likeness (QED) is 0.513. The van der Waals surface area contributed by atoms with Crippen molar-refractivity contribution >= 4 is 57.5 Å². The van der Waals surface area contributed by atoms with Gasteiger partial charge in [-0.25, -0.2) is 4.68 Å². The highest BCUT2D eigenvalue weighted by atomic mass is 35.5. The third-order valence-corrected chi connectivity index (χ3v) is 4.99. The Kier molecular flexibility index (Phi) is 6.64. The minimum absolute atomic E-state index is 0.131. The number of carbonyl (C=O) groups is 3. The number of fused-ring (bicyclic) bond motifs is 1. The van der Waals surface area contributed by atoms with Gasteiger partial charge < -0.3 is 10.6 Å². The Morgan fingerprint density at radius 2 is 1.63 bits per heavy atom. The van der Waals surface area contributed by atoms with E-state index in [-0.39, 0.29) is 11.7 Å². The molecule has 0 fully saturated rings. The summed E-state index contributed by atoms with van der Waals surface area (Å²) in [5, 5.41) is 6.98. The van der Waals surface area contributed by atoms with Crippen molar-refractivity contribution < 1.29 is 14.4 Å². The maximum Gasteiger partial charge on any atom is 0.328 e. The van der Waals surface area contributed by atoms with E-state index in [0.717, 1.165) is 0 Å². The third kappa shape index (κ3) is 4.93. The van der Waals surface area contributed by atoms with E-state index >= 15 is 0 Å². The molecule has 0 bridgehead atoms. The second-order valence-corrected chi connectivity index (χ2v) is 7.63. The molecule has 0 aliphatic rings. The molecule has 0 aliphatic carbocycles. The lowest BCUT2D eigenvalue weighted by Crippen LogP contribution is -2.43. The first-order chi connectivity index (χ1) is 14.3. The van der Waals surface area contributed by atoms with Crippen LogP contribution in [-0.2, 0) is 9.59 Å². The average Bonchev–Trinajstić information content (AvgIpc) is 3.06. The molecule has 3 N–H and O–H groups in total. The van der Waals surface area contributed by atoms with Gasteiger partial charge >= 0.3 is 11.8 Å². The van der Waals surface area contributed by atoms with E-state index in [1.54, 1.807) is 55.5 Å². The summed E-state index contributed by atoms with van der Waals surface area (Å²) in [6, 6.07) is 13.0. The molecule has 0 radical (unpaired) electrons. The lowest BCUT2D eigenvalue weighted by Gasteiger charge is -2.14. The average molecular weight is 447 g/mol. The van der Waals surface area contributed by atoms with Gasteiger partial charge in [0.1, 0.15) is 5.69 Å². The van der Waals surface area contributed by atoms with Crippen LogP contribution in [-0.4, -0.2) is 28.4 Å². The second kappa shape index (κ2) is 9.19. The van der Waals surface area contributed by atoms with Crippen molar-refractivity contribution in [3.8, 4) is 0 Å². The van der Waals surface area contributed by atoms with Crippen LogP contribution in [0.15, 0.2) is 48.5 Å². The van der Waals surface area contributed by atoms with E-state index in [4.69, 9.17) is 23.2 Å². The second-order valence-electron chi connectivity index (χ2n) is 6.75. The summed E-state index contributed by atoms with van der Waals surface area (Å²) in [6.45, 7) is 3.69. The molecular formula is C21H20Cl2N4O3. The van der Waals surface area contributed by atoms with Crippen LogP contribution in [0.1, 0.15) is 30.8 Å². The summed E-state index contributed by atoms with van der Waals surface area (Å²) in [7, 11) is 0. The molecule has 0 saturated heterocycles. The van der Waals surface area contributed by atoms with E-state index in [1.807, 2.05) is 6.92 Å². The van der Waals surface area contributed by atoms with Gasteiger partial charge in [0.15, 0.2) is 0 Å². The Hall–Kier alpha value is -3.03. The molecule has 3 aromatic rings. The molecule has 3 amide bonds. The number of halogens is 2. The van der Waals surface area contributed by atoms with Crippen molar-refractivity contribution in [3.05, 3.63) is 64.3 Å². The van der Waals surface area contributed by atoms with Crippen molar-refractivity contribution in [1.82, 2.24) is 9.99 Å². The van der Waals surface area contributed by atoms with Gasteiger partial charge in [0.2, 0.25) is 0 Å². The first-order valence-electron chi connectivity index (χ1n) is 9.28.